The number of hydrogen-bond acceptors (Lipinski definition) is 5. The molecule has 0 saturated carbocycles. The van der Waals surface area contributed by atoms with Gasteiger partial charge >= 0.3 is 6.18 Å². The number of nitro benzene ring substituents is 1. The van der Waals surface area contributed by atoms with Gasteiger partial charge in [0.2, 0.25) is 0 Å². The number of aromatic nitrogens is 2. The average Bonchev–Trinajstić information content (AvgIpc) is 3.08. The quantitative estimate of drug-likeness (QED) is 0.329. The van der Waals surface area contributed by atoms with E-state index in [4.69, 9.17) is 0 Å². The van der Waals surface area contributed by atoms with Crippen molar-refractivity contribution in [3.05, 3.63) is 63.5 Å². The Hall–Kier alpha value is -3.77. The second-order valence-corrected chi connectivity index (χ2v) is 5.72. The van der Waals surface area contributed by atoms with Gasteiger partial charge in [-0.05, 0) is 30.3 Å². The highest BCUT2D eigenvalue weighted by Crippen LogP contribution is 2.34. The number of aromatic amines is 1. The van der Waals surface area contributed by atoms with Gasteiger partial charge in [0, 0.05) is 11.6 Å². The molecule has 1 aromatic heterocycles. The number of alkyl halides is 5. The van der Waals surface area contributed by atoms with Gasteiger partial charge < -0.3 is 4.98 Å². The van der Waals surface area contributed by atoms with Crippen LogP contribution in [0.1, 0.15) is 28.2 Å². The molecule has 0 atom stereocenters. The van der Waals surface area contributed by atoms with Crippen molar-refractivity contribution in [1.29, 1.82) is 0 Å². The third kappa shape index (κ3) is 4.23. The van der Waals surface area contributed by atoms with E-state index in [0.717, 1.165) is 6.07 Å². The van der Waals surface area contributed by atoms with Crippen LogP contribution >= 0.6 is 0 Å². The first-order valence-electron chi connectivity index (χ1n) is 7.76. The molecule has 3 rings (SSSR count). The van der Waals surface area contributed by atoms with Gasteiger partial charge in [-0.15, -0.1) is 0 Å². The van der Waals surface area contributed by atoms with E-state index in [1.807, 2.05) is 0 Å². The molecule has 0 unspecified atom stereocenters. The van der Waals surface area contributed by atoms with Gasteiger partial charge in [0.15, 0.2) is 5.82 Å². The minimum absolute atomic E-state index is 0.0102. The molecule has 0 radical (unpaired) electrons. The lowest BCUT2D eigenvalue weighted by Gasteiger charge is -2.11. The second-order valence-electron chi connectivity index (χ2n) is 5.72. The summed E-state index contributed by atoms with van der Waals surface area (Å²) < 4.78 is 63.5. The molecule has 3 aromatic rings. The van der Waals surface area contributed by atoms with Crippen molar-refractivity contribution < 1.29 is 31.7 Å². The molecule has 1 heterocycles. The van der Waals surface area contributed by atoms with Crippen molar-refractivity contribution in [1.82, 2.24) is 15.4 Å². The zero-order chi connectivity index (χ0) is 21.3. The molecule has 0 aliphatic rings. The van der Waals surface area contributed by atoms with Gasteiger partial charge in [0.25, 0.3) is 18.0 Å². The van der Waals surface area contributed by atoms with Gasteiger partial charge in [0.05, 0.1) is 21.5 Å². The van der Waals surface area contributed by atoms with Crippen molar-refractivity contribution in [3.63, 3.8) is 0 Å². The van der Waals surface area contributed by atoms with E-state index in [1.165, 1.54) is 18.2 Å². The molecule has 2 aromatic carbocycles. The molecule has 3 N–H and O–H groups in total. The van der Waals surface area contributed by atoms with Crippen LogP contribution in [0.2, 0.25) is 0 Å². The van der Waals surface area contributed by atoms with Crippen molar-refractivity contribution in [2.75, 3.05) is 5.43 Å². The lowest BCUT2D eigenvalue weighted by Crippen LogP contribution is -2.29. The van der Waals surface area contributed by atoms with E-state index in [9.17, 15) is 36.9 Å². The van der Waals surface area contributed by atoms with Crippen LogP contribution in [-0.2, 0) is 6.18 Å². The number of hydrazine groups is 1. The van der Waals surface area contributed by atoms with Crippen molar-refractivity contribution >= 4 is 28.3 Å². The molecular weight excluding hydrogens is 405 g/mol. The number of hydrogen-bond donors (Lipinski definition) is 3. The van der Waals surface area contributed by atoms with Gasteiger partial charge in [-0.3, -0.25) is 25.8 Å². The molecule has 0 bridgehead atoms. The SMILES string of the molecule is O=C(NNc1ccc(C(F)(F)F)cc1[N+](=O)[O-])c1ccc2nc(C(F)F)[nH]c2c1. The van der Waals surface area contributed by atoms with Crippen molar-refractivity contribution in [2.24, 2.45) is 0 Å². The number of benzene rings is 2. The number of nitrogens with one attached hydrogen (secondary N) is 3. The maximum atomic E-state index is 12.7. The molecule has 29 heavy (non-hydrogen) atoms. The van der Waals surface area contributed by atoms with Crippen LogP contribution in [0.4, 0.5) is 33.3 Å². The highest BCUT2D eigenvalue weighted by molar-refractivity contribution is 5.98. The van der Waals surface area contributed by atoms with Crippen molar-refractivity contribution in [2.45, 2.75) is 12.6 Å². The number of imidazole rings is 1. The molecule has 13 heteroatoms. The predicted octanol–water partition coefficient (Wildman–Crippen LogP) is 4.18. The Labute approximate surface area is 157 Å². The number of nitro groups is 1. The maximum Gasteiger partial charge on any atom is 0.416 e. The first kappa shape index (κ1) is 20.0. The van der Waals surface area contributed by atoms with E-state index in [-0.39, 0.29) is 22.3 Å². The molecule has 0 aliphatic heterocycles. The van der Waals surface area contributed by atoms with Crippen LogP contribution < -0.4 is 10.9 Å². The first-order chi connectivity index (χ1) is 13.6. The van der Waals surface area contributed by atoms with Gasteiger partial charge in [0.1, 0.15) is 5.69 Å². The molecule has 0 fully saturated rings. The van der Waals surface area contributed by atoms with E-state index in [0.29, 0.717) is 12.1 Å². The lowest BCUT2D eigenvalue weighted by molar-refractivity contribution is -0.384. The Balaban J connectivity index is 1.80. The number of nitrogens with zero attached hydrogens (tertiary/aromatic N) is 2. The van der Waals surface area contributed by atoms with Crippen LogP contribution in [-0.4, -0.2) is 20.8 Å². The highest BCUT2D eigenvalue weighted by atomic mass is 19.4. The van der Waals surface area contributed by atoms with Crippen LogP contribution in [0.25, 0.3) is 11.0 Å². The second kappa shape index (κ2) is 7.33. The van der Waals surface area contributed by atoms with Crippen LogP contribution in [0.3, 0.4) is 0 Å². The number of anilines is 1. The molecule has 1 amide bonds. The number of halogens is 5. The zero-order valence-electron chi connectivity index (χ0n) is 14.1. The maximum absolute atomic E-state index is 12.7. The third-order valence-corrected chi connectivity index (χ3v) is 3.80. The molecule has 152 valence electrons. The molecule has 0 spiro atoms. The number of carbonyl (C=O) groups excluding carboxylic acids is 1. The van der Waals surface area contributed by atoms with E-state index >= 15 is 0 Å². The lowest BCUT2D eigenvalue weighted by atomic mass is 10.1. The number of carbonyl (C=O) groups is 1. The third-order valence-electron chi connectivity index (χ3n) is 3.80. The summed E-state index contributed by atoms with van der Waals surface area (Å²) in [5, 5.41) is 11.0. The minimum Gasteiger partial charge on any atom is -0.337 e. The van der Waals surface area contributed by atoms with Crippen LogP contribution in [0.5, 0.6) is 0 Å². The standard InChI is InChI=1S/C16H10F5N5O3/c17-13(18)14-22-9-3-1-7(5-11(9)23-14)15(27)25-24-10-4-2-8(16(19,20)21)6-12(10)26(28)29/h1-6,13,24H,(H,22,23)(H,25,27). The highest BCUT2D eigenvalue weighted by Gasteiger charge is 2.33. The first-order valence-corrected chi connectivity index (χ1v) is 7.76. The number of H-pyrrole nitrogens is 1. The van der Waals surface area contributed by atoms with E-state index in [1.54, 1.807) is 0 Å². The van der Waals surface area contributed by atoms with Gasteiger partial charge in [-0.1, -0.05) is 0 Å². The number of rotatable bonds is 5. The monoisotopic (exact) mass is 415 g/mol. The Bertz CT molecular complexity index is 1100. The summed E-state index contributed by atoms with van der Waals surface area (Å²) in [6.07, 6.45) is -7.61. The minimum atomic E-state index is -4.77. The zero-order valence-corrected chi connectivity index (χ0v) is 14.1. The molecular formula is C16H10F5N5O3. The van der Waals surface area contributed by atoms with E-state index < -0.39 is 40.5 Å². The van der Waals surface area contributed by atoms with E-state index in [2.05, 4.69) is 20.8 Å². The van der Waals surface area contributed by atoms with Gasteiger partial charge in [-0.25, -0.2) is 13.8 Å². The topological polar surface area (TPSA) is 113 Å². The summed E-state index contributed by atoms with van der Waals surface area (Å²) in [5.41, 5.74) is 2.15. The summed E-state index contributed by atoms with van der Waals surface area (Å²) in [5.74, 6) is -1.38. The fourth-order valence-corrected chi connectivity index (χ4v) is 2.43. The summed E-state index contributed by atoms with van der Waals surface area (Å²) in [6, 6.07) is 5.56. The summed E-state index contributed by atoms with van der Waals surface area (Å²) in [6.45, 7) is 0. The summed E-state index contributed by atoms with van der Waals surface area (Å²) in [4.78, 5) is 28.2. The fraction of sp³-hybridized carbons (Fsp3) is 0.125. The molecule has 8 nitrogen and oxygen atoms in total. The van der Waals surface area contributed by atoms with Crippen LogP contribution in [0.15, 0.2) is 36.4 Å². The van der Waals surface area contributed by atoms with Crippen LogP contribution in [0, 0.1) is 10.1 Å². The smallest absolute Gasteiger partial charge is 0.337 e. The fourth-order valence-electron chi connectivity index (χ4n) is 2.43. The largest absolute Gasteiger partial charge is 0.416 e. The van der Waals surface area contributed by atoms with Gasteiger partial charge in [-0.2, -0.15) is 13.2 Å². The molecule has 0 aliphatic carbocycles. The summed E-state index contributed by atoms with van der Waals surface area (Å²) in [7, 11) is 0. The van der Waals surface area contributed by atoms with Crippen molar-refractivity contribution in [3.8, 4) is 0 Å². The normalized spacial score (nSPS) is 11.7. The predicted molar refractivity (Wildman–Crippen MR) is 90.2 cm³/mol. The molecule has 0 saturated heterocycles. The number of fused-ring (bicyclic) bond motifs is 1. The number of amides is 1. The average molecular weight is 415 g/mol. The Morgan fingerprint density at radius 2 is 1.90 bits per heavy atom. The Morgan fingerprint density at radius 1 is 1.17 bits per heavy atom. The summed E-state index contributed by atoms with van der Waals surface area (Å²) >= 11 is 0. The Kier molecular flexibility index (Phi) is 5.05. The Morgan fingerprint density at radius 3 is 2.52 bits per heavy atom.